The van der Waals surface area contributed by atoms with Crippen molar-refractivity contribution in [3.05, 3.63) is 74.2 Å². The molecule has 1 aliphatic rings. The van der Waals surface area contributed by atoms with Crippen LogP contribution in [0.25, 0.3) is 0 Å². The van der Waals surface area contributed by atoms with Crippen LogP contribution in [0.15, 0.2) is 41.7 Å². The maximum atomic E-state index is 13.2. The molecule has 2 aromatic heterocycles. The molecule has 2 amide bonds. The van der Waals surface area contributed by atoms with Crippen LogP contribution < -0.4 is 21.9 Å². The van der Waals surface area contributed by atoms with Crippen LogP contribution >= 0.6 is 22.9 Å². The largest absolute Gasteiger partial charge is 0.365 e. The van der Waals surface area contributed by atoms with Crippen molar-refractivity contribution in [2.24, 2.45) is 10.7 Å². The number of nitrogens with zero attached hydrogens (tertiary/aromatic N) is 3. The smallest absolute Gasteiger partial charge is 0.272 e. The number of carbonyl (C=O) groups excluding carboxylic acids is 2. The Morgan fingerprint density at radius 3 is 2.67 bits per heavy atom. The molecule has 0 saturated carbocycles. The third kappa shape index (κ3) is 6.24. The molecule has 1 aromatic carbocycles. The first-order chi connectivity index (χ1) is 15.8. The Bertz CT molecular complexity index is 1220. The number of benzene rings is 1. The summed E-state index contributed by atoms with van der Waals surface area (Å²) in [5.41, 5.74) is 12.9. The molecule has 12 heteroatoms. The number of hydrazine groups is 1. The molecule has 1 aliphatic heterocycles. The Kier molecular flexibility index (Phi) is 7.91. The highest BCUT2D eigenvalue weighted by Gasteiger charge is 2.22. The third-order valence-corrected chi connectivity index (χ3v) is 5.80. The van der Waals surface area contributed by atoms with Crippen LogP contribution in [0.4, 0.5) is 10.1 Å². The van der Waals surface area contributed by atoms with E-state index in [0.29, 0.717) is 34.1 Å². The summed E-state index contributed by atoms with van der Waals surface area (Å²) in [4.78, 5) is 36.8. The van der Waals surface area contributed by atoms with E-state index < -0.39 is 5.82 Å². The fourth-order valence-electron chi connectivity index (χ4n) is 2.81. The number of fused-ring (bicyclic) bond motifs is 1. The van der Waals surface area contributed by atoms with Crippen molar-refractivity contribution in [3.8, 4) is 0 Å². The Morgan fingerprint density at radius 2 is 2.06 bits per heavy atom. The van der Waals surface area contributed by atoms with E-state index in [1.165, 1.54) is 29.8 Å². The van der Waals surface area contributed by atoms with Gasteiger partial charge in [0.1, 0.15) is 23.7 Å². The van der Waals surface area contributed by atoms with Crippen LogP contribution in [0.3, 0.4) is 0 Å². The summed E-state index contributed by atoms with van der Waals surface area (Å²) in [5, 5.41) is 2.74. The number of halogens is 2. The third-order valence-electron chi connectivity index (χ3n) is 4.50. The molecular weight excluding hydrogens is 469 g/mol. The van der Waals surface area contributed by atoms with Gasteiger partial charge in [-0.25, -0.2) is 14.4 Å². The predicted octanol–water partition coefficient (Wildman–Crippen LogP) is 2.86. The van der Waals surface area contributed by atoms with Crippen LogP contribution in [-0.4, -0.2) is 34.7 Å². The van der Waals surface area contributed by atoms with Crippen LogP contribution in [0.2, 0.25) is 5.02 Å². The molecule has 172 valence electrons. The van der Waals surface area contributed by atoms with Gasteiger partial charge in [0.15, 0.2) is 5.69 Å². The Hall–Kier alpha value is -3.57. The molecule has 0 aliphatic carbocycles. The summed E-state index contributed by atoms with van der Waals surface area (Å²) in [7, 11) is 1.66. The fraction of sp³-hybridized carbons (Fsp3) is 0.190. The van der Waals surface area contributed by atoms with Gasteiger partial charge in [0.25, 0.3) is 11.8 Å². The van der Waals surface area contributed by atoms with E-state index in [0.717, 1.165) is 4.88 Å². The van der Waals surface area contributed by atoms with E-state index >= 15 is 0 Å². The van der Waals surface area contributed by atoms with E-state index in [1.807, 2.05) is 13.0 Å². The molecule has 3 heterocycles. The lowest BCUT2D eigenvalue weighted by molar-refractivity contribution is 0.0945. The first-order valence-corrected chi connectivity index (χ1v) is 10.9. The number of rotatable bonds is 4. The number of aryl methyl sites for hydroxylation is 1. The van der Waals surface area contributed by atoms with Crippen molar-refractivity contribution in [2.45, 2.75) is 19.9 Å². The van der Waals surface area contributed by atoms with Gasteiger partial charge >= 0.3 is 0 Å². The lowest BCUT2D eigenvalue weighted by Gasteiger charge is -2.21. The number of amidine groups is 1. The van der Waals surface area contributed by atoms with Gasteiger partial charge in [-0.2, -0.15) is 0 Å². The average molecular weight is 490 g/mol. The Morgan fingerprint density at radius 1 is 1.27 bits per heavy atom. The minimum absolute atomic E-state index is 0.0124. The molecule has 0 unspecified atom stereocenters. The van der Waals surface area contributed by atoms with Gasteiger partial charge in [0.2, 0.25) is 0 Å². The number of nitrogens with two attached hydrogens (primary N) is 1. The van der Waals surface area contributed by atoms with Gasteiger partial charge < -0.3 is 11.1 Å². The lowest BCUT2D eigenvalue weighted by Crippen LogP contribution is -2.38. The summed E-state index contributed by atoms with van der Waals surface area (Å²) in [6, 6.07) is 7.90. The number of aliphatic imine (C=N–C) groups is 1. The second-order valence-corrected chi connectivity index (χ2v) is 8.54. The first kappa shape index (κ1) is 24.1. The van der Waals surface area contributed by atoms with Crippen molar-refractivity contribution < 1.29 is 14.0 Å². The van der Waals surface area contributed by atoms with E-state index in [4.69, 9.17) is 17.3 Å². The average Bonchev–Trinajstić information content (AvgIpc) is 3.26. The Balaban J connectivity index is 0.000000286. The molecule has 0 fully saturated rings. The van der Waals surface area contributed by atoms with Crippen molar-refractivity contribution in [1.29, 1.82) is 0 Å². The molecule has 3 aromatic rings. The number of thiophene rings is 1. The number of hydrogen-bond donors (Lipinski definition) is 4. The Labute approximate surface area is 198 Å². The minimum atomic E-state index is -0.500. The maximum absolute atomic E-state index is 13.2. The van der Waals surface area contributed by atoms with Gasteiger partial charge in [0, 0.05) is 18.5 Å². The second-order valence-electron chi connectivity index (χ2n) is 6.85. The first-order valence-electron chi connectivity index (χ1n) is 9.68. The summed E-state index contributed by atoms with van der Waals surface area (Å²) < 4.78 is 13.2. The molecule has 4 rings (SSSR count). The quantitative estimate of drug-likeness (QED) is 0.445. The molecule has 5 N–H and O–H groups in total. The topological polar surface area (TPSA) is 134 Å². The zero-order chi connectivity index (χ0) is 24.0. The molecule has 0 radical (unpaired) electrons. The standard InChI is InChI=1S/C15H14ClFN6O.C6H7NOS/c1-18-12-5-11-13(23-22-12)14(21-7-20-11)15(24)19-6-8-2-3-10(17)9(16)4-8;1-4-2-3-5(9-4)6(7)8/h2-4,7,23H,5-6H2,1H3,(H,18,22)(H,19,24);2-3H,1H3,(H2,7,8). The summed E-state index contributed by atoms with van der Waals surface area (Å²) in [5.74, 6) is -0.498. The number of anilines is 1. The van der Waals surface area contributed by atoms with Crippen molar-refractivity contribution in [2.75, 3.05) is 12.5 Å². The summed E-state index contributed by atoms with van der Waals surface area (Å²) in [6.07, 6.45) is 1.82. The summed E-state index contributed by atoms with van der Waals surface area (Å²) in [6.45, 7) is 2.14. The molecule has 0 atom stereocenters. The minimum Gasteiger partial charge on any atom is -0.365 e. The second kappa shape index (κ2) is 10.8. The summed E-state index contributed by atoms with van der Waals surface area (Å²) >= 11 is 7.15. The van der Waals surface area contributed by atoms with Gasteiger partial charge in [-0.3, -0.25) is 25.4 Å². The number of amides is 2. The van der Waals surface area contributed by atoms with E-state index in [2.05, 4.69) is 31.1 Å². The van der Waals surface area contributed by atoms with Crippen LogP contribution in [-0.2, 0) is 13.0 Å². The van der Waals surface area contributed by atoms with E-state index in [9.17, 15) is 14.0 Å². The molecule has 0 saturated heterocycles. The monoisotopic (exact) mass is 489 g/mol. The van der Waals surface area contributed by atoms with Crippen molar-refractivity contribution in [3.63, 3.8) is 0 Å². The molecule has 9 nitrogen and oxygen atoms in total. The number of nitrogens with one attached hydrogen (secondary N) is 3. The predicted molar refractivity (Wildman–Crippen MR) is 126 cm³/mol. The molecule has 33 heavy (non-hydrogen) atoms. The number of aromatic nitrogens is 2. The zero-order valence-electron chi connectivity index (χ0n) is 17.8. The number of hydrogen-bond acceptors (Lipinski definition) is 7. The highest BCUT2D eigenvalue weighted by atomic mass is 35.5. The van der Waals surface area contributed by atoms with Gasteiger partial charge in [-0.1, -0.05) is 17.7 Å². The highest BCUT2D eigenvalue weighted by molar-refractivity contribution is 7.13. The normalized spacial score (nSPS) is 13.2. The number of primary amides is 1. The van der Waals surface area contributed by atoms with Crippen molar-refractivity contribution >= 4 is 46.3 Å². The number of carbonyl (C=O) groups is 2. The fourth-order valence-corrected chi connectivity index (χ4v) is 3.74. The van der Waals surface area contributed by atoms with Gasteiger partial charge in [0.05, 0.1) is 22.0 Å². The SMILES string of the molecule is CN=C1Cc2ncnc(C(=O)NCc3ccc(F)c(Cl)c3)c2NN1.Cc1ccc(C(N)=O)s1. The van der Waals surface area contributed by atoms with Crippen LogP contribution in [0, 0.1) is 12.7 Å². The molecule has 0 spiro atoms. The van der Waals surface area contributed by atoms with E-state index in [1.54, 1.807) is 19.2 Å². The maximum Gasteiger partial charge on any atom is 0.272 e. The van der Waals surface area contributed by atoms with Gasteiger partial charge in [-0.05, 0) is 36.8 Å². The van der Waals surface area contributed by atoms with Crippen LogP contribution in [0.1, 0.15) is 36.3 Å². The molecule has 0 bridgehead atoms. The zero-order valence-corrected chi connectivity index (χ0v) is 19.4. The van der Waals surface area contributed by atoms with E-state index in [-0.39, 0.29) is 29.1 Å². The highest BCUT2D eigenvalue weighted by Crippen LogP contribution is 2.20. The van der Waals surface area contributed by atoms with Crippen molar-refractivity contribution in [1.82, 2.24) is 20.7 Å². The van der Waals surface area contributed by atoms with Crippen LogP contribution in [0.5, 0.6) is 0 Å². The molecular formula is C21H21ClFN7O2S. The van der Waals surface area contributed by atoms with Gasteiger partial charge in [-0.15, -0.1) is 11.3 Å². The lowest BCUT2D eigenvalue weighted by atomic mass is 10.1.